The van der Waals surface area contributed by atoms with Crippen molar-refractivity contribution in [3.63, 3.8) is 0 Å². The summed E-state index contributed by atoms with van der Waals surface area (Å²) < 4.78 is 5.39. The van der Waals surface area contributed by atoms with Crippen LogP contribution >= 0.6 is 0 Å². The first-order chi connectivity index (χ1) is 11.6. The molecule has 0 amide bonds. The molecule has 0 spiro atoms. The van der Waals surface area contributed by atoms with Crippen molar-refractivity contribution in [2.45, 2.75) is 116 Å². The van der Waals surface area contributed by atoms with Crippen molar-refractivity contribution in [2.24, 2.45) is 0 Å². The third-order valence-electron chi connectivity index (χ3n) is 4.38. The maximum atomic E-state index is 11.2. The zero-order chi connectivity index (χ0) is 18.0. The monoisotopic (exact) mass is 342 g/mol. The molecule has 0 saturated heterocycles. The van der Waals surface area contributed by atoms with Crippen LogP contribution in [0.2, 0.25) is 0 Å². The summed E-state index contributed by atoms with van der Waals surface area (Å²) in [7, 11) is 0. The van der Waals surface area contributed by atoms with Gasteiger partial charge in [-0.3, -0.25) is 9.59 Å². The van der Waals surface area contributed by atoms with Gasteiger partial charge in [0.05, 0.1) is 0 Å². The Labute approximate surface area is 148 Å². The predicted molar refractivity (Wildman–Crippen MR) is 98.1 cm³/mol. The molecule has 0 saturated carbocycles. The number of rotatable bonds is 17. The smallest absolute Gasteiger partial charge is 0.303 e. The SMILES string of the molecule is CCCCCCCCCCCC(CCCCCC(=O)O)OC(C)=O. The molecule has 4 heteroatoms. The molecule has 0 bridgehead atoms. The van der Waals surface area contributed by atoms with Gasteiger partial charge in [-0.05, 0) is 32.1 Å². The Hall–Kier alpha value is -1.06. The van der Waals surface area contributed by atoms with Crippen LogP contribution in [0.3, 0.4) is 0 Å². The molecule has 1 atom stereocenters. The molecule has 0 aromatic rings. The molecule has 0 aromatic heterocycles. The third kappa shape index (κ3) is 17.3. The second-order valence-corrected chi connectivity index (χ2v) is 6.84. The Kier molecular flexibility index (Phi) is 16.0. The van der Waals surface area contributed by atoms with Gasteiger partial charge in [0.15, 0.2) is 0 Å². The number of hydrogen-bond donors (Lipinski definition) is 1. The third-order valence-corrected chi connectivity index (χ3v) is 4.38. The van der Waals surface area contributed by atoms with Crippen molar-refractivity contribution in [2.75, 3.05) is 0 Å². The highest BCUT2D eigenvalue weighted by molar-refractivity contribution is 5.66. The number of carboxylic acids is 1. The Morgan fingerprint density at radius 3 is 1.71 bits per heavy atom. The Bertz CT molecular complexity index is 315. The molecular formula is C20H38O4. The lowest BCUT2D eigenvalue weighted by Crippen LogP contribution is -2.16. The zero-order valence-corrected chi connectivity index (χ0v) is 15.9. The summed E-state index contributed by atoms with van der Waals surface area (Å²) in [5.41, 5.74) is 0. The maximum absolute atomic E-state index is 11.2. The van der Waals surface area contributed by atoms with E-state index in [1.165, 1.54) is 58.3 Å². The van der Waals surface area contributed by atoms with Crippen LogP contribution in [0.5, 0.6) is 0 Å². The van der Waals surface area contributed by atoms with Crippen molar-refractivity contribution in [1.82, 2.24) is 0 Å². The summed E-state index contributed by atoms with van der Waals surface area (Å²) in [6.45, 7) is 3.71. The van der Waals surface area contributed by atoms with E-state index in [1.54, 1.807) is 0 Å². The summed E-state index contributed by atoms with van der Waals surface area (Å²) in [5, 5.41) is 8.62. The fraction of sp³-hybridized carbons (Fsp3) is 0.900. The van der Waals surface area contributed by atoms with Gasteiger partial charge in [-0.1, -0.05) is 64.7 Å². The van der Waals surface area contributed by atoms with E-state index in [2.05, 4.69) is 6.92 Å². The number of carbonyl (C=O) groups excluding carboxylic acids is 1. The molecular weight excluding hydrogens is 304 g/mol. The summed E-state index contributed by atoms with van der Waals surface area (Å²) in [5.74, 6) is -0.942. The Morgan fingerprint density at radius 1 is 0.792 bits per heavy atom. The molecule has 142 valence electrons. The van der Waals surface area contributed by atoms with Gasteiger partial charge < -0.3 is 9.84 Å². The average molecular weight is 343 g/mol. The van der Waals surface area contributed by atoms with Gasteiger partial charge in [0.1, 0.15) is 6.10 Å². The minimum Gasteiger partial charge on any atom is -0.481 e. The summed E-state index contributed by atoms with van der Waals surface area (Å²) in [4.78, 5) is 21.7. The first kappa shape index (κ1) is 22.9. The molecule has 1 N–H and O–H groups in total. The van der Waals surface area contributed by atoms with Gasteiger partial charge in [0, 0.05) is 13.3 Å². The van der Waals surface area contributed by atoms with Gasteiger partial charge in [-0.2, -0.15) is 0 Å². The van der Waals surface area contributed by atoms with Crippen LogP contribution in [-0.4, -0.2) is 23.1 Å². The average Bonchev–Trinajstić information content (AvgIpc) is 2.51. The standard InChI is InChI=1S/C20H38O4/c1-3-4-5-6-7-8-9-10-12-15-19(24-18(2)21)16-13-11-14-17-20(22)23/h19H,3-17H2,1-2H3,(H,22,23). The number of ether oxygens (including phenoxy) is 1. The highest BCUT2D eigenvalue weighted by Crippen LogP contribution is 2.16. The molecule has 4 nitrogen and oxygen atoms in total. The van der Waals surface area contributed by atoms with Crippen LogP contribution in [0.25, 0.3) is 0 Å². The minimum atomic E-state index is -0.735. The largest absolute Gasteiger partial charge is 0.481 e. The van der Waals surface area contributed by atoms with E-state index in [-0.39, 0.29) is 18.5 Å². The number of aliphatic carboxylic acids is 1. The van der Waals surface area contributed by atoms with E-state index >= 15 is 0 Å². The van der Waals surface area contributed by atoms with Gasteiger partial charge in [-0.25, -0.2) is 0 Å². The lowest BCUT2D eigenvalue weighted by molar-refractivity contribution is -0.147. The first-order valence-electron chi connectivity index (χ1n) is 9.95. The second kappa shape index (κ2) is 16.8. The van der Waals surface area contributed by atoms with E-state index in [1.807, 2.05) is 0 Å². The lowest BCUT2D eigenvalue weighted by atomic mass is 10.0. The fourth-order valence-electron chi connectivity index (χ4n) is 3.00. The van der Waals surface area contributed by atoms with Crippen molar-refractivity contribution in [3.8, 4) is 0 Å². The van der Waals surface area contributed by atoms with Gasteiger partial charge in [-0.15, -0.1) is 0 Å². The van der Waals surface area contributed by atoms with Gasteiger partial charge in [0.2, 0.25) is 0 Å². The Balaban J connectivity index is 3.64. The van der Waals surface area contributed by atoms with Crippen LogP contribution in [0.4, 0.5) is 0 Å². The van der Waals surface area contributed by atoms with Gasteiger partial charge >= 0.3 is 11.9 Å². The summed E-state index contributed by atoms with van der Waals surface area (Å²) in [6, 6.07) is 0. The second-order valence-electron chi connectivity index (χ2n) is 6.84. The van der Waals surface area contributed by atoms with E-state index in [4.69, 9.17) is 9.84 Å². The van der Waals surface area contributed by atoms with Crippen molar-refractivity contribution in [1.29, 1.82) is 0 Å². The van der Waals surface area contributed by atoms with Crippen molar-refractivity contribution < 1.29 is 19.4 Å². The molecule has 1 unspecified atom stereocenters. The summed E-state index contributed by atoms with van der Waals surface area (Å²) in [6.07, 6.45) is 16.2. The number of esters is 1. The van der Waals surface area contributed by atoms with E-state index < -0.39 is 5.97 Å². The van der Waals surface area contributed by atoms with E-state index in [0.717, 1.165) is 32.1 Å². The predicted octanol–water partition coefficient (Wildman–Crippen LogP) is 5.87. The topological polar surface area (TPSA) is 63.6 Å². The van der Waals surface area contributed by atoms with Crippen molar-refractivity contribution >= 4 is 11.9 Å². The molecule has 0 fully saturated rings. The fourth-order valence-corrected chi connectivity index (χ4v) is 3.00. The Morgan fingerprint density at radius 2 is 1.25 bits per heavy atom. The number of carbonyl (C=O) groups is 2. The molecule has 0 radical (unpaired) electrons. The van der Waals surface area contributed by atoms with Crippen LogP contribution in [0.1, 0.15) is 110 Å². The number of carboxylic acid groups (broad SMARTS) is 1. The molecule has 0 aliphatic heterocycles. The van der Waals surface area contributed by atoms with Crippen LogP contribution in [0.15, 0.2) is 0 Å². The quantitative estimate of drug-likeness (QED) is 0.265. The van der Waals surface area contributed by atoms with E-state index in [9.17, 15) is 9.59 Å². The van der Waals surface area contributed by atoms with Crippen LogP contribution in [-0.2, 0) is 14.3 Å². The highest BCUT2D eigenvalue weighted by atomic mass is 16.5. The molecule has 0 aliphatic rings. The zero-order valence-electron chi connectivity index (χ0n) is 15.9. The maximum Gasteiger partial charge on any atom is 0.303 e. The van der Waals surface area contributed by atoms with Crippen molar-refractivity contribution in [3.05, 3.63) is 0 Å². The number of unbranched alkanes of at least 4 members (excludes halogenated alkanes) is 10. The first-order valence-corrected chi connectivity index (χ1v) is 9.95. The summed E-state index contributed by atoms with van der Waals surface area (Å²) >= 11 is 0. The molecule has 0 aliphatic carbocycles. The van der Waals surface area contributed by atoms with E-state index in [0.29, 0.717) is 6.42 Å². The molecule has 0 aromatic carbocycles. The molecule has 0 rings (SSSR count). The molecule has 0 heterocycles. The minimum absolute atomic E-state index is 0.0110. The lowest BCUT2D eigenvalue weighted by Gasteiger charge is -2.17. The highest BCUT2D eigenvalue weighted by Gasteiger charge is 2.11. The van der Waals surface area contributed by atoms with Gasteiger partial charge in [0.25, 0.3) is 0 Å². The van der Waals surface area contributed by atoms with Crippen LogP contribution < -0.4 is 0 Å². The van der Waals surface area contributed by atoms with Crippen LogP contribution in [0, 0.1) is 0 Å². The molecule has 24 heavy (non-hydrogen) atoms. The normalized spacial score (nSPS) is 12.1. The number of hydrogen-bond acceptors (Lipinski definition) is 3.